The van der Waals surface area contributed by atoms with Gasteiger partial charge >= 0.3 is 0 Å². The molecule has 0 bridgehead atoms. The van der Waals surface area contributed by atoms with E-state index in [4.69, 9.17) is 17.2 Å². The number of H-pyrrole nitrogens is 1. The van der Waals surface area contributed by atoms with Crippen LogP contribution in [0.2, 0.25) is 0 Å². The molecule has 0 radical (unpaired) electrons. The lowest BCUT2D eigenvalue weighted by molar-refractivity contribution is -0.136. The fraction of sp³-hybridized carbons (Fsp3) is 0.407. The van der Waals surface area contributed by atoms with Crippen molar-refractivity contribution in [1.29, 1.82) is 0 Å². The van der Waals surface area contributed by atoms with Crippen molar-refractivity contribution in [2.24, 2.45) is 23.1 Å². The Kier molecular flexibility index (Phi) is 23.8. The molecule has 2 heterocycles. The number of hydrogen-bond donors (Lipinski definition) is 13. The number of benzene rings is 4. The van der Waals surface area contributed by atoms with E-state index in [0.717, 1.165) is 48.8 Å². The van der Waals surface area contributed by atoms with E-state index >= 15 is 0 Å². The van der Waals surface area contributed by atoms with Gasteiger partial charge in [0.15, 0.2) is 0 Å². The Labute approximate surface area is 470 Å². The predicted octanol–water partition coefficient (Wildman–Crippen LogP) is 1.40. The molecule has 420 valence electrons. The van der Waals surface area contributed by atoms with Crippen LogP contribution in [0.25, 0.3) is 21.7 Å². The van der Waals surface area contributed by atoms with Crippen LogP contribution in [0.5, 0.6) is 5.75 Å². The van der Waals surface area contributed by atoms with Gasteiger partial charge in [0.2, 0.25) is 47.3 Å². The Hall–Kier alpha value is -6.70. The van der Waals surface area contributed by atoms with Crippen molar-refractivity contribution in [3.05, 3.63) is 114 Å². The molecule has 24 heteroatoms. The summed E-state index contributed by atoms with van der Waals surface area (Å²) in [5, 5.41) is 42.1. The first-order valence-electron chi connectivity index (χ1n) is 25.4. The third-order valence-corrected chi connectivity index (χ3v) is 15.5. The lowest BCUT2D eigenvalue weighted by Crippen LogP contribution is -2.62. The maximum absolute atomic E-state index is 14.9. The average Bonchev–Trinajstić information content (AvgIpc) is 3.81. The number of phenolic OH excluding ortho intramolecular Hbond substituents is 1. The SMILES string of the molecule is Br.CC(C)C1NC(=O)C(CCCCN)NC(=O)C(Cc2c[nH]c3ccccc23)NC(=O)C(Cc2ccc(O)cc2)NC(=O)C(NC(=O)C(N)Cc2ccc3ccccc3c2)CSSCC(C(=O)NC(C(N)=O)C(C)O)NC1=O. The number of halogens is 1. The van der Waals surface area contributed by atoms with Crippen molar-refractivity contribution in [3.63, 3.8) is 0 Å². The number of aromatic nitrogens is 1. The van der Waals surface area contributed by atoms with Crippen molar-refractivity contribution >= 4 is 108 Å². The maximum atomic E-state index is 14.9. The van der Waals surface area contributed by atoms with Crippen molar-refractivity contribution < 1.29 is 48.6 Å². The molecule has 1 aliphatic heterocycles. The van der Waals surface area contributed by atoms with Crippen LogP contribution in [-0.2, 0) is 57.6 Å². The lowest BCUT2D eigenvalue weighted by atomic mass is 10.00. The number of primary amides is 1. The summed E-state index contributed by atoms with van der Waals surface area (Å²) >= 11 is 0. The predicted molar refractivity (Wildman–Crippen MR) is 307 cm³/mol. The van der Waals surface area contributed by atoms with Crippen molar-refractivity contribution in [3.8, 4) is 5.75 Å². The number of hydrogen-bond acceptors (Lipinski definition) is 14. The van der Waals surface area contributed by atoms with Gasteiger partial charge in [0.1, 0.15) is 48.0 Å². The zero-order valence-corrected chi connectivity index (χ0v) is 46.8. The zero-order chi connectivity index (χ0) is 55.8. The van der Waals surface area contributed by atoms with Crippen LogP contribution in [0.3, 0.4) is 0 Å². The number of carbonyl (C=O) groups excluding carboxylic acids is 8. The quantitative estimate of drug-likeness (QED) is 0.0463. The Morgan fingerprint density at radius 3 is 2.01 bits per heavy atom. The number of nitrogens with two attached hydrogens (primary N) is 3. The summed E-state index contributed by atoms with van der Waals surface area (Å²) in [6.07, 6.45) is 1.05. The molecule has 9 unspecified atom stereocenters. The number of aromatic hydroxyl groups is 1. The molecule has 1 fully saturated rings. The Balaban J connectivity index is 0.0000112. The molecular weight excluding hydrogens is 1110 g/mol. The third-order valence-electron chi connectivity index (χ3n) is 13.1. The molecule has 5 aromatic rings. The molecule has 78 heavy (non-hydrogen) atoms. The molecule has 21 nitrogen and oxygen atoms in total. The molecule has 4 aromatic carbocycles. The molecule has 1 aromatic heterocycles. The van der Waals surface area contributed by atoms with Crippen LogP contribution in [0.1, 0.15) is 56.7 Å². The Morgan fingerprint density at radius 2 is 1.33 bits per heavy atom. The molecule has 9 atom stereocenters. The van der Waals surface area contributed by atoms with E-state index in [9.17, 15) is 48.6 Å². The minimum absolute atomic E-state index is 0. The largest absolute Gasteiger partial charge is 0.508 e. The van der Waals surface area contributed by atoms with Gasteiger partial charge < -0.3 is 69.6 Å². The number of carbonyl (C=O) groups is 8. The van der Waals surface area contributed by atoms with Crippen molar-refractivity contribution in [1.82, 2.24) is 42.2 Å². The average molecular weight is 1180 g/mol. The first kappa shape index (κ1) is 62.1. The van der Waals surface area contributed by atoms with E-state index in [2.05, 4.69) is 42.2 Å². The van der Waals surface area contributed by atoms with Crippen molar-refractivity contribution in [2.75, 3.05) is 18.1 Å². The fourth-order valence-corrected chi connectivity index (χ4v) is 11.0. The minimum Gasteiger partial charge on any atom is -0.508 e. The van der Waals surface area contributed by atoms with Crippen LogP contribution in [0.15, 0.2) is 97.2 Å². The molecule has 0 spiro atoms. The highest BCUT2D eigenvalue weighted by Crippen LogP contribution is 2.25. The highest BCUT2D eigenvalue weighted by atomic mass is 79.9. The topological polar surface area (TPSA) is 355 Å². The number of unbranched alkanes of at least 4 members (excludes halogenated alkanes) is 1. The smallest absolute Gasteiger partial charge is 0.244 e. The van der Waals surface area contributed by atoms with Gasteiger partial charge in [-0.2, -0.15) is 0 Å². The molecule has 8 amide bonds. The van der Waals surface area contributed by atoms with Crippen LogP contribution in [0, 0.1) is 5.92 Å². The van der Waals surface area contributed by atoms with Gasteiger partial charge in [0, 0.05) is 41.4 Å². The van der Waals surface area contributed by atoms with Gasteiger partial charge in [0.25, 0.3) is 0 Å². The van der Waals surface area contributed by atoms with Gasteiger partial charge in [0.05, 0.1) is 12.1 Å². The summed E-state index contributed by atoms with van der Waals surface area (Å²) in [5.74, 6) is -7.66. The summed E-state index contributed by atoms with van der Waals surface area (Å²) in [6.45, 7) is 4.85. The molecule has 6 rings (SSSR count). The number of phenols is 1. The monoisotopic (exact) mass is 1180 g/mol. The van der Waals surface area contributed by atoms with E-state index < -0.39 is 108 Å². The van der Waals surface area contributed by atoms with Crippen molar-refractivity contribution in [2.45, 2.75) is 114 Å². The summed E-state index contributed by atoms with van der Waals surface area (Å²) in [5.41, 5.74) is 20.5. The standard InChI is InChI=1S/C54H69N11O10S2.BrH/c1-29(2)45-54(75)63-44(53(74)65-46(30(3)66)47(57)68)28-77-76-27-43(62-48(69)38(56)23-32-15-18-33-10-4-5-11-34(33)22-32)52(73)60-41(24-31-16-19-36(67)20-17-31)50(71)61-42(25-35-26-58-39-13-7-6-12-37(35)39)51(72)59-40(49(70)64-45)14-8-9-21-55;/h4-7,10-13,15-20,22,26,29-30,38,40-46,58,66-67H,8-9,14,21,23-25,27-28,55-56H2,1-3H3,(H2,57,68)(H,59,72)(H,60,73)(H,61,71)(H,62,69)(H,63,75)(H,64,70)(H,65,74);1H. The molecule has 0 aliphatic carbocycles. The number of nitrogens with one attached hydrogen (secondary N) is 8. The number of rotatable bonds is 17. The van der Waals surface area contributed by atoms with E-state index in [1.165, 1.54) is 19.1 Å². The van der Waals surface area contributed by atoms with Crippen LogP contribution in [0.4, 0.5) is 0 Å². The number of aliphatic hydroxyl groups excluding tert-OH is 1. The molecule has 16 N–H and O–H groups in total. The van der Waals surface area contributed by atoms with Gasteiger partial charge in [-0.1, -0.05) is 108 Å². The highest BCUT2D eigenvalue weighted by Gasteiger charge is 2.36. The molecule has 0 saturated carbocycles. The lowest BCUT2D eigenvalue weighted by Gasteiger charge is -2.29. The summed E-state index contributed by atoms with van der Waals surface area (Å²) in [4.78, 5) is 116. The summed E-state index contributed by atoms with van der Waals surface area (Å²) in [7, 11) is 2.03. The second-order valence-electron chi connectivity index (χ2n) is 19.4. The Bertz CT molecular complexity index is 2890. The highest BCUT2D eigenvalue weighted by molar-refractivity contribution is 8.93. The van der Waals surface area contributed by atoms with E-state index in [0.29, 0.717) is 24.0 Å². The number of para-hydroxylation sites is 1. The van der Waals surface area contributed by atoms with E-state index in [1.54, 1.807) is 32.2 Å². The second-order valence-corrected chi connectivity index (χ2v) is 22.0. The fourth-order valence-electron chi connectivity index (χ4n) is 8.71. The molecule has 1 aliphatic rings. The first-order chi connectivity index (χ1) is 36.8. The maximum Gasteiger partial charge on any atom is 0.244 e. The number of aromatic amines is 1. The van der Waals surface area contributed by atoms with Gasteiger partial charge in [-0.05, 0) is 90.7 Å². The van der Waals surface area contributed by atoms with Crippen LogP contribution >= 0.6 is 38.6 Å². The van der Waals surface area contributed by atoms with Gasteiger partial charge in [-0.25, -0.2) is 0 Å². The third kappa shape index (κ3) is 17.7. The van der Waals surface area contributed by atoms with Gasteiger partial charge in [-0.15, -0.1) is 17.0 Å². The number of amides is 8. The summed E-state index contributed by atoms with van der Waals surface area (Å²) < 4.78 is 0. The molecule has 1 saturated heterocycles. The normalized spacial score (nSPS) is 21.3. The minimum atomic E-state index is -1.55. The van der Waals surface area contributed by atoms with Crippen LogP contribution in [-0.4, -0.2) is 135 Å². The zero-order valence-electron chi connectivity index (χ0n) is 43.5. The van der Waals surface area contributed by atoms with Gasteiger partial charge in [-0.3, -0.25) is 38.4 Å². The first-order valence-corrected chi connectivity index (χ1v) is 27.9. The second kappa shape index (κ2) is 29.9. The van der Waals surface area contributed by atoms with Crippen LogP contribution < -0.4 is 54.4 Å². The Morgan fingerprint density at radius 1 is 0.718 bits per heavy atom. The molecular formula is C54H70BrN11O10S2. The number of aliphatic hydroxyl groups is 1. The van der Waals surface area contributed by atoms with E-state index in [-0.39, 0.29) is 66.5 Å². The number of fused-ring (bicyclic) bond motifs is 2. The van der Waals surface area contributed by atoms with E-state index in [1.807, 2.05) is 66.7 Å². The summed E-state index contributed by atoms with van der Waals surface area (Å²) in [6, 6.07) is 15.8.